The molecule has 1 rings (SSSR count). The van der Waals surface area contributed by atoms with Crippen LogP contribution in [0.2, 0.25) is 0 Å². The second kappa shape index (κ2) is 5.60. The van der Waals surface area contributed by atoms with Crippen LogP contribution in [-0.4, -0.2) is 55.4 Å². The van der Waals surface area contributed by atoms with Crippen molar-refractivity contribution in [3.05, 3.63) is 0 Å². The van der Waals surface area contributed by atoms with Crippen LogP contribution in [-0.2, 0) is 19.6 Å². The fraction of sp³-hybridized carbons (Fsp3) is 0.889. The molecule has 1 fully saturated rings. The van der Waals surface area contributed by atoms with Gasteiger partial charge in [0.15, 0.2) is 5.75 Å². The predicted molar refractivity (Wildman–Crippen MR) is 57.2 cm³/mol. The van der Waals surface area contributed by atoms with E-state index in [0.29, 0.717) is 19.4 Å². The quantitative estimate of drug-likeness (QED) is 0.670. The minimum absolute atomic E-state index is 0.0712. The zero-order valence-corrected chi connectivity index (χ0v) is 10.1. The number of ether oxygens (including phenoxy) is 1. The smallest absolute Gasteiger partial charge is 0.322 e. The van der Waals surface area contributed by atoms with Gasteiger partial charge in [-0.1, -0.05) is 0 Å². The highest BCUT2D eigenvalue weighted by Crippen LogP contribution is 2.14. The molecule has 1 N–H and O–H groups in total. The minimum Gasteiger partial charge on any atom is -0.465 e. The summed E-state index contributed by atoms with van der Waals surface area (Å²) in [7, 11) is -3.64. The van der Waals surface area contributed by atoms with Crippen molar-refractivity contribution < 1.29 is 23.1 Å². The molecule has 0 saturated carbocycles. The molecule has 0 aromatic rings. The number of nitrogens with zero attached hydrogens (tertiary/aromatic N) is 1. The number of carbonyl (C=O) groups excluding carboxylic acids is 1. The Morgan fingerprint density at radius 1 is 1.56 bits per heavy atom. The van der Waals surface area contributed by atoms with Gasteiger partial charge < -0.3 is 9.84 Å². The minimum atomic E-state index is -3.64. The van der Waals surface area contributed by atoms with E-state index >= 15 is 0 Å². The van der Waals surface area contributed by atoms with Gasteiger partial charge in [-0.15, -0.1) is 0 Å². The molecule has 16 heavy (non-hydrogen) atoms. The molecule has 0 amide bonds. The molecule has 0 aromatic carbocycles. The number of carbonyl (C=O) groups is 1. The number of esters is 1. The van der Waals surface area contributed by atoms with E-state index in [1.54, 1.807) is 6.92 Å². The number of β-amino-alcohol motifs (C(OH)–C–C–N with tert-alkyl or cyclic N) is 1. The predicted octanol–water partition coefficient (Wildman–Crippen LogP) is -0.664. The monoisotopic (exact) mass is 251 g/mol. The van der Waals surface area contributed by atoms with E-state index in [9.17, 15) is 18.3 Å². The molecule has 0 radical (unpaired) electrons. The highest BCUT2D eigenvalue weighted by molar-refractivity contribution is 7.89. The van der Waals surface area contributed by atoms with Crippen molar-refractivity contribution in [3.63, 3.8) is 0 Å². The summed E-state index contributed by atoms with van der Waals surface area (Å²) in [4.78, 5) is 11.1. The maximum absolute atomic E-state index is 11.7. The fourth-order valence-electron chi connectivity index (χ4n) is 1.62. The van der Waals surface area contributed by atoms with Crippen LogP contribution >= 0.6 is 0 Å². The lowest BCUT2D eigenvalue weighted by Gasteiger charge is -2.28. The van der Waals surface area contributed by atoms with Crippen molar-refractivity contribution >= 4 is 16.0 Å². The highest BCUT2D eigenvalue weighted by atomic mass is 32.2. The van der Waals surface area contributed by atoms with Gasteiger partial charge in [-0.25, -0.2) is 8.42 Å². The average molecular weight is 251 g/mol. The van der Waals surface area contributed by atoms with Gasteiger partial charge in [0.2, 0.25) is 10.0 Å². The Morgan fingerprint density at radius 3 is 2.81 bits per heavy atom. The number of sulfonamides is 1. The summed E-state index contributed by atoms with van der Waals surface area (Å²) >= 11 is 0. The van der Waals surface area contributed by atoms with Crippen LogP contribution < -0.4 is 0 Å². The Bertz CT molecular complexity index is 340. The molecule has 6 nitrogen and oxygen atoms in total. The summed E-state index contributed by atoms with van der Waals surface area (Å²) in [6.45, 7) is 2.21. The molecule has 94 valence electrons. The lowest BCUT2D eigenvalue weighted by molar-refractivity contribution is -0.140. The number of piperidine rings is 1. The molecular weight excluding hydrogens is 234 g/mol. The number of rotatable bonds is 4. The molecule has 1 saturated heterocycles. The lowest BCUT2D eigenvalue weighted by Crippen LogP contribution is -2.44. The van der Waals surface area contributed by atoms with Crippen LogP contribution in [0.5, 0.6) is 0 Å². The lowest BCUT2D eigenvalue weighted by atomic mass is 10.1. The van der Waals surface area contributed by atoms with E-state index in [1.165, 1.54) is 0 Å². The first-order valence-corrected chi connectivity index (χ1v) is 6.88. The van der Waals surface area contributed by atoms with E-state index < -0.39 is 27.8 Å². The first kappa shape index (κ1) is 13.4. The Balaban J connectivity index is 2.59. The molecule has 0 bridgehead atoms. The maximum Gasteiger partial charge on any atom is 0.322 e. The SMILES string of the molecule is CCOC(=O)CS(=O)(=O)N1CCCC(O)C1. The Kier molecular flexibility index (Phi) is 4.69. The summed E-state index contributed by atoms with van der Waals surface area (Å²) in [6, 6.07) is 0. The molecule has 1 heterocycles. The van der Waals surface area contributed by atoms with Crippen LogP contribution in [0, 0.1) is 0 Å². The number of aliphatic hydroxyl groups is 1. The Morgan fingerprint density at radius 2 is 2.25 bits per heavy atom. The second-order valence-electron chi connectivity index (χ2n) is 3.72. The summed E-state index contributed by atoms with van der Waals surface area (Å²) in [5.41, 5.74) is 0. The van der Waals surface area contributed by atoms with Gasteiger partial charge in [-0.05, 0) is 19.8 Å². The van der Waals surface area contributed by atoms with E-state index in [-0.39, 0.29) is 13.2 Å². The van der Waals surface area contributed by atoms with Crippen LogP contribution in [0.1, 0.15) is 19.8 Å². The standard InChI is InChI=1S/C9H17NO5S/c1-2-15-9(12)7-16(13,14)10-5-3-4-8(11)6-10/h8,11H,2-7H2,1H3. The Hall–Kier alpha value is -0.660. The van der Waals surface area contributed by atoms with Gasteiger partial charge >= 0.3 is 5.97 Å². The van der Waals surface area contributed by atoms with Crippen molar-refractivity contribution in [1.82, 2.24) is 4.31 Å². The van der Waals surface area contributed by atoms with Gasteiger partial charge in [-0.3, -0.25) is 4.79 Å². The van der Waals surface area contributed by atoms with Gasteiger partial charge in [0, 0.05) is 13.1 Å². The number of hydrogen-bond donors (Lipinski definition) is 1. The van der Waals surface area contributed by atoms with E-state index in [2.05, 4.69) is 4.74 Å². The van der Waals surface area contributed by atoms with Gasteiger partial charge in [0.25, 0.3) is 0 Å². The van der Waals surface area contributed by atoms with E-state index in [1.807, 2.05) is 0 Å². The molecule has 0 spiro atoms. The molecule has 1 aliphatic rings. The fourth-order valence-corrected chi connectivity index (χ4v) is 2.99. The largest absolute Gasteiger partial charge is 0.465 e. The molecule has 1 aliphatic heterocycles. The molecule has 1 unspecified atom stereocenters. The number of aliphatic hydroxyl groups excluding tert-OH is 1. The van der Waals surface area contributed by atoms with Crippen LogP contribution in [0.3, 0.4) is 0 Å². The topological polar surface area (TPSA) is 83.9 Å². The summed E-state index contributed by atoms with van der Waals surface area (Å²) < 4.78 is 29.2. The molecule has 1 atom stereocenters. The zero-order valence-electron chi connectivity index (χ0n) is 9.26. The second-order valence-corrected chi connectivity index (χ2v) is 5.68. The summed E-state index contributed by atoms with van der Waals surface area (Å²) in [5.74, 6) is -1.39. The molecule has 0 aliphatic carbocycles. The van der Waals surface area contributed by atoms with Crippen LogP contribution in [0.15, 0.2) is 0 Å². The summed E-state index contributed by atoms with van der Waals surface area (Å²) in [6.07, 6.45) is 0.583. The van der Waals surface area contributed by atoms with E-state index in [0.717, 1.165) is 4.31 Å². The third kappa shape index (κ3) is 3.73. The van der Waals surface area contributed by atoms with Gasteiger partial charge in [-0.2, -0.15) is 4.31 Å². The maximum atomic E-state index is 11.7. The third-order valence-corrected chi connectivity index (χ3v) is 4.08. The van der Waals surface area contributed by atoms with Crippen molar-refractivity contribution in [2.45, 2.75) is 25.9 Å². The summed E-state index contributed by atoms with van der Waals surface area (Å²) in [5, 5.41) is 9.36. The normalized spacial score (nSPS) is 23.0. The zero-order chi connectivity index (χ0) is 12.2. The first-order valence-electron chi connectivity index (χ1n) is 5.27. The highest BCUT2D eigenvalue weighted by Gasteiger charge is 2.30. The number of hydrogen-bond acceptors (Lipinski definition) is 5. The van der Waals surface area contributed by atoms with E-state index in [4.69, 9.17) is 0 Å². The van der Waals surface area contributed by atoms with Gasteiger partial charge in [0.05, 0.1) is 12.7 Å². The molecule has 0 aromatic heterocycles. The average Bonchev–Trinajstić information content (AvgIpc) is 2.17. The van der Waals surface area contributed by atoms with Crippen LogP contribution in [0.4, 0.5) is 0 Å². The third-order valence-electron chi connectivity index (χ3n) is 2.36. The Labute approximate surface area is 95.2 Å². The molecule has 7 heteroatoms. The van der Waals surface area contributed by atoms with Crippen molar-refractivity contribution in [3.8, 4) is 0 Å². The van der Waals surface area contributed by atoms with Gasteiger partial charge in [0.1, 0.15) is 0 Å². The molecular formula is C9H17NO5S. The van der Waals surface area contributed by atoms with Crippen molar-refractivity contribution in [2.75, 3.05) is 25.4 Å². The first-order chi connectivity index (χ1) is 7.45. The van der Waals surface area contributed by atoms with Crippen molar-refractivity contribution in [1.29, 1.82) is 0 Å². The van der Waals surface area contributed by atoms with Crippen molar-refractivity contribution in [2.24, 2.45) is 0 Å². The van der Waals surface area contributed by atoms with Crippen LogP contribution in [0.25, 0.3) is 0 Å².